The lowest BCUT2D eigenvalue weighted by atomic mass is 10.2. The minimum Gasteiger partial charge on any atom is -0.496 e. The van der Waals surface area contributed by atoms with Crippen molar-refractivity contribution in [1.82, 2.24) is 9.55 Å². The van der Waals surface area contributed by atoms with Crippen LogP contribution in [-0.2, 0) is 16.1 Å². The zero-order valence-corrected chi connectivity index (χ0v) is 18.5. The first-order chi connectivity index (χ1) is 15.1. The summed E-state index contributed by atoms with van der Waals surface area (Å²) in [4.78, 5) is 53.1. The second-order valence-corrected chi connectivity index (χ2v) is 8.06. The van der Waals surface area contributed by atoms with Gasteiger partial charge in [-0.05, 0) is 38.5 Å². The van der Waals surface area contributed by atoms with Crippen molar-refractivity contribution in [2.24, 2.45) is 0 Å². The number of carbonyl (C=O) groups is 2. The van der Waals surface area contributed by atoms with Crippen molar-refractivity contribution in [3.8, 4) is 5.75 Å². The Hall–Kier alpha value is -3.80. The number of methoxy groups -OCH3 is 1. The third-order valence-electron chi connectivity index (χ3n) is 4.44. The Bertz CT molecular complexity index is 1280. The second kappa shape index (κ2) is 9.14. The van der Waals surface area contributed by atoms with Crippen molar-refractivity contribution in [1.29, 1.82) is 0 Å². The number of nitro groups is 1. The van der Waals surface area contributed by atoms with E-state index >= 15 is 0 Å². The van der Waals surface area contributed by atoms with Gasteiger partial charge in [0.2, 0.25) is 5.91 Å². The molecular formula is C20H20N4O7S. The summed E-state index contributed by atoms with van der Waals surface area (Å²) in [6.07, 6.45) is 0.877. The van der Waals surface area contributed by atoms with Crippen LogP contribution in [0.15, 0.2) is 29.3 Å². The highest BCUT2D eigenvalue weighted by Crippen LogP contribution is 2.29. The van der Waals surface area contributed by atoms with Gasteiger partial charge in [0.05, 0.1) is 35.9 Å². The van der Waals surface area contributed by atoms with E-state index in [0.29, 0.717) is 10.4 Å². The van der Waals surface area contributed by atoms with Crippen LogP contribution in [0.4, 0.5) is 11.4 Å². The van der Waals surface area contributed by atoms with Gasteiger partial charge in [0.25, 0.3) is 11.2 Å². The van der Waals surface area contributed by atoms with Crippen LogP contribution >= 0.6 is 11.3 Å². The first kappa shape index (κ1) is 22.9. The number of nitrogens with zero attached hydrogens (tertiary/aromatic N) is 3. The van der Waals surface area contributed by atoms with Gasteiger partial charge in [-0.3, -0.25) is 24.3 Å². The van der Waals surface area contributed by atoms with Crippen molar-refractivity contribution >= 4 is 44.8 Å². The quantitative estimate of drug-likeness (QED) is 0.322. The summed E-state index contributed by atoms with van der Waals surface area (Å²) in [6.45, 7) is 4.63. The third-order valence-corrected chi connectivity index (χ3v) is 5.61. The first-order valence-electron chi connectivity index (χ1n) is 9.44. The van der Waals surface area contributed by atoms with E-state index in [1.54, 1.807) is 20.8 Å². The molecule has 1 aromatic carbocycles. The zero-order chi connectivity index (χ0) is 23.6. The Labute approximate surface area is 185 Å². The topological polar surface area (TPSA) is 143 Å². The number of fused-ring (bicyclic) bond motifs is 1. The average Bonchev–Trinajstić information content (AvgIpc) is 3.07. The van der Waals surface area contributed by atoms with Gasteiger partial charge < -0.3 is 14.8 Å². The molecule has 32 heavy (non-hydrogen) atoms. The number of nitro benzene ring substituents is 1. The van der Waals surface area contributed by atoms with Crippen LogP contribution in [0.5, 0.6) is 5.75 Å². The Morgan fingerprint density at radius 1 is 1.34 bits per heavy atom. The molecule has 11 nitrogen and oxygen atoms in total. The monoisotopic (exact) mass is 460 g/mol. The van der Waals surface area contributed by atoms with Crippen LogP contribution in [-0.4, -0.2) is 39.6 Å². The Balaban J connectivity index is 1.88. The Morgan fingerprint density at radius 3 is 2.69 bits per heavy atom. The van der Waals surface area contributed by atoms with Crippen LogP contribution in [0.2, 0.25) is 0 Å². The number of benzene rings is 1. The van der Waals surface area contributed by atoms with Crippen LogP contribution < -0.4 is 15.6 Å². The number of amides is 1. The molecular weight excluding hydrogens is 440 g/mol. The number of nitrogens with one attached hydrogen (secondary N) is 1. The molecule has 0 radical (unpaired) electrons. The number of aryl methyl sites for hydroxylation is 1. The van der Waals surface area contributed by atoms with E-state index in [1.807, 2.05) is 0 Å². The number of carbonyl (C=O) groups excluding carboxylic acids is 2. The van der Waals surface area contributed by atoms with E-state index in [4.69, 9.17) is 9.47 Å². The number of hydrogen-bond acceptors (Lipinski definition) is 9. The summed E-state index contributed by atoms with van der Waals surface area (Å²) < 4.78 is 11.2. The molecule has 0 bridgehead atoms. The lowest BCUT2D eigenvalue weighted by Crippen LogP contribution is -2.28. The van der Waals surface area contributed by atoms with Gasteiger partial charge in [0, 0.05) is 0 Å². The molecule has 0 saturated heterocycles. The maximum absolute atomic E-state index is 12.9. The lowest BCUT2D eigenvalue weighted by molar-refractivity contribution is -0.384. The molecule has 2 aromatic heterocycles. The number of hydrogen-bond donors (Lipinski definition) is 1. The fraction of sp³-hybridized carbons (Fsp3) is 0.300. The molecule has 3 rings (SSSR count). The fourth-order valence-electron chi connectivity index (χ4n) is 2.97. The van der Waals surface area contributed by atoms with E-state index in [2.05, 4.69) is 10.3 Å². The van der Waals surface area contributed by atoms with E-state index < -0.39 is 28.9 Å². The highest BCUT2D eigenvalue weighted by molar-refractivity contribution is 7.20. The van der Waals surface area contributed by atoms with Gasteiger partial charge >= 0.3 is 5.97 Å². The number of rotatable bonds is 7. The van der Waals surface area contributed by atoms with Crippen molar-refractivity contribution in [2.75, 3.05) is 12.4 Å². The molecule has 0 unspecified atom stereocenters. The highest BCUT2D eigenvalue weighted by atomic mass is 32.1. The van der Waals surface area contributed by atoms with Crippen molar-refractivity contribution < 1.29 is 24.0 Å². The predicted molar refractivity (Wildman–Crippen MR) is 117 cm³/mol. The summed E-state index contributed by atoms with van der Waals surface area (Å²) in [5, 5.41) is 13.9. The Morgan fingerprint density at radius 2 is 2.06 bits per heavy atom. The number of esters is 1. The van der Waals surface area contributed by atoms with Gasteiger partial charge in [0.1, 0.15) is 27.7 Å². The molecule has 0 fully saturated rings. The van der Waals surface area contributed by atoms with Gasteiger partial charge in [-0.15, -0.1) is 11.3 Å². The molecule has 0 aliphatic heterocycles. The van der Waals surface area contributed by atoms with Gasteiger partial charge in [-0.2, -0.15) is 0 Å². The van der Waals surface area contributed by atoms with Crippen molar-refractivity contribution in [2.45, 2.75) is 33.4 Å². The smallest absolute Gasteiger partial charge is 0.348 e. The van der Waals surface area contributed by atoms with Crippen molar-refractivity contribution in [3.63, 3.8) is 0 Å². The summed E-state index contributed by atoms with van der Waals surface area (Å²) in [7, 11) is 1.37. The minimum atomic E-state index is -0.658. The van der Waals surface area contributed by atoms with Crippen molar-refractivity contribution in [3.05, 3.63) is 55.4 Å². The van der Waals surface area contributed by atoms with Gasteiger partial charge in [-0.1, -0.05) is 0 Å². The second-order valence-electron chi connectivity index (χ2n) is 7.06. The number of anilines is 1. The molecule has 2 heterocycles. The number of aromatic nitrogens is 2. The normalized spacial score (nSPS) is 10.9. The molecule has 1 N–H and O–H groups in total. The third kappa shape index (κ3) is 4.59. The fourth-order valence-corrected chi connectivity index (χ4v) is 4.00. The zero-order valence-electron chi connectivity index (χ0n) is 17.7. The standard InChI is InChI=1S/C20H20N4O7S/c1-10(2)31-20(27)17-11(3)16-18(32-17)21-9-23(19(16)26)8-15(25)22-13-6-5-12(30-4)7-14(13)24(28)29/h5-7,9-10H,8H2,1-4H3,(H,22,25). The molecule has 0 atom stereocenters. The van der Waals surface area contributed by atoms with Crippen LogP contribution in [0.1, 0.15) is 29.1 Å². The molecule has 3 aromatic rings. The number of ether oxygens (including phenoxy) is 2. The molecule has 0 spiro atoms. The van der Waals surface area contributed by atoms with E-state index in [-0.39, 0.29) is 33.5 Å². The van der Waals surface area contributed by atoms with Crippen LogP contribution in [0.3, 0.4) is 0 Å². The summed E-state index contributed by atoms with van der Waals surface area (Å²) >= 11 is 1.04. The van der Waals surface area contributed by atoms with Gasteiger partial charge in [0.15, 0.2) is 0 Å². The highest BCUT2D eigenvalue weighted by Gasteiger charge is 2.22. The molecule has 1 amide bonds. The first-order valence-corrected chi connectivity index (χ1v) is 10.3. The molecule has 12 heteroatoms. The minimum absolute atomic E-state index is 0.0340. The largest absolute Gasteiger partial charge is 0.496 e. The van der Waals surface area contributed by atoms with E-state index in [0.717, 1.165) is 15.9 Å². The van der Waals surface area contributed by atoms with Gasteiger partial charge in [-0.25, -0.2) is 9.78 Å². The predicted octanol–water partition coefficient (Wildman–Crippen LogP) is 2.89. The molecule has 0 aliphatic carbocycles. The van der Waals surface area contributed by atoms with Crippen LogP contribution in [0, 0.1) is 17.0 Å². The van der Waals surface area contributed by atoms with Crippen LogP contribution in [0.25, 0.3) is 10.2 Å². The lowest BCUT2D eigenvalue weighted by Gasteiger charge is -2.09. The Kier molecular flexibility index (Phi) is 6.53. The molecule has 0 saturated carbocycles. The SMILES string of the molecule is COc1ccc(NC(=O)Cn2cnc3sc(C(=O)OC(C)C)c(C)c3c2=O)c([N+](=O)[O-])c1. The molecule has 168 valence electrons. The van der Waals surface area contributed by atoms with E-state index in [9.17, 15) is 24.5 Å². The molecule has 0 aliphatic rings. The summed E-state index contributed by atoms with van der Waals surface area (Å²) in [5.41, 5.74) is -0.464. The number of thiophene rings is 1. The van der Waals surface area contributed by atoms with E-state index in [1.165, 1.54) is 31.6 Å². The maximum atomic E-state index is 12.9. The summed E-state index contributed by atoms with van der Waals surface area (Å²) in [5.74, 6) is -0.940. The average molecular weight is 460 g/mol. The maximum Gasteiger partial charge on any atom is 0.348 e. The summed E-state index contributed by atoms with van der Waals surface area (Å²) in [6, 6.07) is 3.99.